The zero-order valence-corrected chi connectivity index (χ0v) is 17.6. The van der Waals surface area contributed by atoms with Crippen molar-refractivity contribution in [1.29, 1.82) is 0 Å². The van der Waals surface area contributed by atoms with Crippen LogP contribution in [0.15, 0.2) is 29.3 Å². The average Bonchev–Trinajstić information content (AvgIpc) is 2.49. The molecule has 150 valence electrons. The molecule has 0 saturated heterocycles. The number of hydrogen-bond donors (Lipinski definition) is 2. The third kappa shape index (κ3) is 12.3. The number of sulfone groups is 1. The molecule has 0 amide bonds. The van der Waals surface area contributed by atoms with Crippen molar-refractivity contribution in [3.05, 3.63) is 35.4 Å². The molecular formula is C15H23F3IN3O3S. The first-order chi connectivity index (χ1) is 11.6. The van der Waals surface area contributed by atoms with Crippen LogP contribution < -0.4 is 10.6 Å². The van der Waals surface area contributed by atoms with E-state index in [9.17, 15) is 21.6 Å². The van der Waals surface area contributed by atoms with Gasteiger partial charge < -0.3 is 15.4 Å². The predicted octanol–water partition coefficient (Wildman–Crippen LogP) is 2.09. The van der Waals surface area contributed by atoms with Gasteiger partial charge in [-0.1, -0.05) is 24.3 Å². The van der Waals surface area contributed by atoms with Gasteiger partial charge in [0, 0.05) is 26.4 Å². The molecule has 1 rings (SSSR count). The van der Waals surface area contributed by atoms with Gasteiger partial charge in [0.1, 0.15) is 16.4 Å². The van der Waals surface area contributed by atoms with Crippen LogP contribution in [-0.2, 0) is 27.7 Å². The Labute approximate surface area is 168 Å². The van der Waals surface area contributed by atoms with E-state index in [0.29, 0.717) is 18.1 Å². The van der Waals surface area contributed by atoms with E-state index in [-0.39, 0.29) is 42.9 Å². The number of alkyl halides is 3. The molecule has 0 spiro atoms. The largest absolute Gasteiger partial charge is 0.411 e. The second kappa shape index (κ2) is 11.6. The van der Waals surface area contributed by atoms with E-state index in [0.717, 1.165) is 11.8 Å². The molecule has 26 heavy (non-hydrogen) atoms. The van der Waals surface area contributed by atoms with Crippen LogP contribution in [0.2, 0.25) is 0 Å². The number of guanidine groups is 1. The maximum atomic E-state index is 12.0. The number of nitrogens with zero attached hydrogens (tertiary/aromatic N) is 1. The molecule has 0 unspecified atom stereocenters. The van der Waals surface area contributed by atoms with E-state index in [2.05, 4.69) is 20.4 Å². The van der Waals surface area contributed by atoms with Crippen LogP contribution in [0.3, 0.4) is 0 Å². The van der Waals surface area contributed by atoms with Crippen LogP contribution in [0.1, 0.15) is 11.1 Å². The molecule has 0 aromatic heterocycles. The number of rotatable bonds is 8. The highest BCUT2D eigenvalue weighted by Crippen LogP contribution is 2.15. The molecule has 1 aromatic carbocycles. The Morgan fingerprint density at radius 3 is 2.23 bits per heavy atom. The predicted molar refractivity (Wildman–Crippen MR) is 105 cm³/mol. The highest BCUT2D eigenvalue weighted by atomic mass is 127. The van der Waals surface area contributed by atoms with E-state index in [1.165, 1.54) is 0 Å². The van der Waals surface area contributed by atoms with E-state index in [4.69, 9.17) is 0 Å². The monoisotopic (exact) mass is 509 g/mol. The SMILES string of the molecule is CN=C(NCCS(C)(=O)=O)NCc1ccc(COCC(F)(F)F)cc1.I. The molecule has 0 saturated carbocycles. The van der Waals surface area contributed by atoms with Crippen molar-refractivity contribution in [3.63, 3.8) is 0 Å². The summed E-state index contributed by atoms with van der Waals surface area (Å²) in [6, 6.07) is 6.91. The highest BCUT2D eigenvalue weighted by Gasteiger charge is 2.27. The standard InChI is InChI=1S/C15H22F3N3O3S.HI/c1-19-14(20-7-8-25(2,22)23)21-9-12-3-5-13(6-4-12)10-24-11-15(16,17)18;/h3-6H,7-11H2,1-2H3,(H2,19,20,21);1H. The summed E-state index contributed by atoms with van der Waals surface area (Å²) in [4.78, 5) is 3.98. The van der Waals surface area contributed by atoms with Crippen molar-refractivity contribution in [2.45, 2.75) is 19.3 Å². The fraction of sp³-hybridized carbons (Fsp3) is 0.533. The van der Waals surface area contributed by atoms with Crippen LogP contribution in [0.5, 0.6) is 0 Å². The van der Waals surface area contributed by atoms with Crippen LogP contribution in [0, 0.1) is 0 Å². The number of halogens is 4. The first-order valence-electron chi connectivity index (χ1n) is 7.43. The lowest BCUT2D eigenvalue weighted by Crippen LogP contribution is -2.39. The molecule has 0 aliphatic rings. The van der Waals surface area contributed by atoms with Gasteiger partial charge in [-0.3, -0.25) is 4.99 Å². The van der Waals surface area contributed by atoms with Gasteiger partial charge in [-0.05, 0) is 11.1 Å². The Balaban J connectivity index is 0.00000625. The normalized spacial score (nSPS) is 12.4. The number of aliphatic imine (C=N–C) groups is 1. The molecule has 0 heterocycles. The fourth-order valence-electron chi connectivity index (χ4n) is 1.80. The van der Waals surface area contributed by atoms with Gasteiger partial charge in [0.2, 0.25) is 0 Å². The fourth-order valence-corrected chi connectivity index (χ4v) is 2.27. The van der Waals surface area contributed by atoms with Crippen molar-refractivity contribution < 1.29 is 26.3 Å². The molecule has 0 atom stereocenters. The lowest BCUT2D eigenvalue weighted by molar-refractivity contribution is -0.176. The Bertz CT molecular complexity index is 665. The van der Waals surface area contributed by atoms with Crippen molar-refractivity contribution in [2.24, 2.45) is 4.99 Å². The first-order valence-corrected chi connectivity index (χ1v) is 9.50. The van der Waals surface area contributed by atoms with Crippen molar-refractivity contribution in [1.82, 2.24) is 10.6 Å². The van der Waals surface area contributed by atoms with E-state index >= 15 is 0 Å². The summed E-state index contributed by atoms with van der Waals surface area (Å²) in [6.45, 7) is -0.704. The van der Waals surface area contributed by atoms with Crippen LogP contribution in [0.25, 0.3) is 0 Å². The smallest absolute Gasteiger partial charge is 0.367 e. The van der Waals surface area contributed by atoms with Crippen molar-refractivity contribution in [2.75, 3.05) is 32.2 Å². The van der Waals surface area contributed by atoms with Crippen LogP contribution >= 0.6 is 24.0 Å². The second-order valence-electron chi connectivity index (χ2n) is 5.41. The molecule has 0 radical (unpaired) electrons. The molecule has 0 aliphatic heterocycles. The Kier molecular flexibility index (Phi) is 11.1. The summed E-state index contributed by atoms with van der Waals surface area (Å²) < 4.78 is 62.7. The van der Waals surface area contributed by atoms with Crippen molar-refractivity contribution >= 4 is 39.8 Å². The minimum atomic E-state index is -4.33. The van der Waals surface area contributed by atoms with E-state index in [1.807, 2.05) is 0 Å². The molecule has 11 heteroatoms. The quantitative estimate of drug-likeness (QED) is 0.319. The molecule has 6 nitrogen and oxygen atoms in total. The molecule has 1 aromatic rings. The molecule has 0 fully saturated rings. The van der Waals surface area contributed by atoms with Crippen LogP contribution in [0.4, 0.5) is 13.2 Å². The molecule has 2 N–H and O–H groups in total. The lowest BCUT2D eigenvalue weighted by atomic mass is 10.1. The maximum Gasteiger partial charge on any atom is 0.411 e. The van der Waals surface area contributed by atoms with Gasteiger partial charge in [-0.15, -0.1) is 24.0 Å². The Morgan fingerprint density at radius 1 is 1.15 bits per heavy atom. The lowest BCUT2D eigenvalue weighted by Gasteiger charge is -2.12. The summed E-state index contributed by atoms with van der Waals surface area (Å²) in [5, 5.41) is 5.90. The zero-order valence-electron chi connectivity index (χ0n) is 14.5. The number of nitrogens with one attached hydrogen (secondary N) is 2. The number of ether oxygens (including phenoxy) is 1. The minimum absolute atomic E-state index is 0. The summed E-state index contributed by atoms with van der Waals surface area (Å²) >= 11 is 0. The third-order valence-corrected chi connectivity index (χ3v) is 3.95. The van der Waals surface area contributed by atoms with Gasteiger partial charge in [-0.2, -0.15) is 13.2 Å². The first kappa shape index (κ1) is 24.9. The Hall–Kier alpha value is -1.08. The molecule has 0 bridgehead atoms. The van der Waals surface area contributed by atoms with E-state index in [1.54, 1.807) is 31.3 Å². The molecular weight excluding hydrogens is 486 g/mol. The zero-order chi connectivity index (χ0) is 18.9. The summed E-state index contributed by atoms with van der Waals surface area (Å²) in [6.07, 6.45) is -3.17. The van der Waals surface area contributed by atoms with Gasteiger partial charge in [0.05, 0.1) is 12.4 Å². The minimum Gasteiger partial charge on any atom is -0.367 e. The van der Waals surface area contributed by atoms with Gasteiger partial charge in [0.25, 0.3) is 0 Å². The summed E-state index contributed by atoms with van der Waals surface area (Å²) in [5.41, 5.74) is 1.54. The number of hydrogen-bond acceptors (Lipinski definition) is 4. The number of benzene rings is 1. The van der Waals surface area contributed by atoms with Gasteiger partial charge in [0.15, 0.2) is 5.96 Å². The van der Waals surface area contributed by atoms with Gasteiger partial charge >= 0.3 is 6.18 Å². The maximum absolute atomic E-state index is 12.0. The molecule has 0 aliphatic carbocycles. The second-order valence-corrected chi connectivity index (χ2v) is 7.67. The van der Waals surface area contributed by atoms with E-state index < -0.39 is 22.6 Å². The topological polar surface area (TPSA) is 79.8 Å². The Morgan fingerprint density at radius 2 is 1.73 bits per heavy atom. The third-order valence-electron chi connectivity index (χ3n) is 3.01. The summed E-state index contributed by atoms with van der Waals surface area (Å²) in [5.74, 6) is 0.460. The van der Waals surface area contributed by atoms with Crippen LogP contribution in [-0.4, -0.2) is 52.8 Å². The summed E-state index contributed by atoms with van der Waals surface area (Å²) in [7, 11) is -1.48. The highest BCUT2D eigenvalue weighted by molar-refractivity contribution is 14.0. The van der Waals surface area contributed by atoms with Gasteiger partial charge in [-0.25, -0.2) is 8.42 Å². The van der Waals surface area contributed by atoms with Crippen molar-refractivity contribution in [3.8, 4) is 0 Å². The average molecular weight is 509 g/mol.